The Balaban J connectivity index is 1.45. The SMILES string of the molecule is CC1(CC(=O)c2ccc3c(-c4cccc(-n5cccn5)c4)nn(-c4ccc(F)cc4)c3c2)CCS(=O)(=O)C1. The fourth-order valence-corrected chi connectivity index (χ4v) is 7.46. The van der Waals surface area contributed by atoms with Crippen molar-refractivity contribution in [2.45, 2.75) is 19.8 Å². The maximum absolute atomic E-state index is 13.7. The Bertz CT molecular complexity index is 1780. The van der Waals surface area contributed by atoms with E-state index in [0.717, 1.165) is 16.6 Å². The van der Waals surface area contributed by atoms with Gasteiger partial charge >= 0.3 is 0 Å². The molecular formula is C29H25FN4O3S. The Morgan fingerprint density at radius 1 is 1.03 bits per heavy atom. The lowest BCUT2D eigenvalue weighted by atomic mass is 9.83. The molecule has 0 radical (unpaired) electrons. The quantitative estimate of drug-likeness (QED) is 0.275. The van der Waals surface area contributed by atoms with E-state index in [9.17, 15) is 17.6 Å². The van der Waals surface area contributed by atoms with E-state index in [2.05, 4.69) is 5.10 Å². The molecule has 0 bridgehead atoms. The van der Waals surface area contributed by atoms with Crippen LogP contribution < -0.4 is 0 Å². The van der Waals surface area contributed by atoms with Crippen molar-refractivity contribution >= 4 is 26.5 Å². The number of halogens is 1. The van der Waals surface area contributed by atoms with Gasteiger partial charge in [-0.1, -0.05) is 25.1 Å². The number of sulfone groups is 1. The lowest BCUT2D eigenvalue weighted by Gasteiger charge is -2.20. The standard InChI is InChI=1S/C29H25FN4O3S/c1-29(12-15-38(36,37)19-29)18-27(35)20-6-11-25-26(17-20)34(23-9-7-22(30)8-10-23)32-28(25)21-4-2-5-24(16-21)33-14-3-13-31-33/h2-11,13-14,16-17H,12,15,18-19H2,1H3. The van der Waals surface area contributed by atoms with Gasteiger partial charge in [0.25, 0.3) is 0 Å². The number of hydrogen-bond acceptors (Lipinski definition) is 5. The lowest BCUT2D eigenvalue weighted by molar-refractivity contribution is 0.0934. The molecule has 1 fully saturated rings. The van der Waals surface area contributed by atoms with Crippen LogP contribution in [-0.2, 0) is 9.84 Å². The molecule has 0 saturated carbocycles. The van der Waals surface area contributed by atoms with Crippen molar-refractivity contribution in [3.63, 3.8) is 0 Å². The first-order chi connectivity index (χ1) is 18.2. The molecule has 0 spiro atoms. The molecule has 5 aromatic rings. The van der Waals surface area contributed by atoms with Crippen LogP contribution >= 0.6 is 0 Å². The molecule has 7 nitrogen and oxygen atoms in total. The zero-order chi connectivity index (χ0) is 26.5. The van der Waals surface area contributed by atoms with Gasteiger partial charge in [0, 0.05) is 35.3 Å². The predicted octanol–water partition coefficient (Wildman–Crippen LogP) is 5.41. The normalized spacial score (nSPS) is 18.7. The number of nitrogens with zero attached hydrogens (tertiary/aromatic N) is 4. The molecule has 192 valence electrons. The third kappa shape index (κ3) is 4.54. The van der Waals surface area contributed by atoms with Crippen LogP contribution in [0.25, 0.3) is 33.5 Å². The molecule has 0 amide bonds. The van der Waals surface area contributed by atoms with Gasteiger partial charge in [0.1, 0.15) is 11.5 Å². The lowest BCUT2D eigenvalue weighted by Crippen LogP contribution is -2.22. The molecule has 2 aromatic heterocycles. The van der Waals surface area contributed by atoms with E-state index in [1.165, 1.54) is 12.1 Å². The Morgan fingerprint density at radius 3 is 2.55 bits per heavy atom. The molecule has 1 unspecified atom stereocenters. The van der Waals surface area contributed by atoms with Crippen LogP contribution in [0.2, 0.25) is 0 Å². The molecule has 6 rings (SSSR count). The van der Waals surface area contributed by atoms with E-state index in [4.69, 9.17) is 5.10 Å². The highest BCUT2D eigenvalue weighted by Gasteiger charge is 2.40. The fraction of sp³-hybridized carbons (Fsp3) is 0.207. The van der Waals surface area contributed by atoms with Crippen LogP contribution in [-0.4, -0.2) is 45.3 Å². The Kier molecular flexibility index (Phi) is 5.75. The molecular weight excluding hydrogens is 503 g/mol. The summed E-state index contributed by atoms with van der Waals surface area (Å²) in [6, 6.07) is 21.2. The number of Topliss-reactive ketones (excluding diaryl/α,β-unsaturated/α-hetero) is 1. The maximum Gasteiger partial charge on any atom is 0.163 e. The van der Waals surface area contributed by atoms with Crippen molar-refractivity contribution in [3.8, 4) is 22.6 Å². The molecule has 3 aromatic carbocycles. The van der Waals surface area contributed by atoms with Gasteiger partial charge in [-0.15, -0.1) is 0 Å². The van der Waals surface area contributed by atoms with Crippen molar-refractivity contribution in [1.82, 2.24) is 19.6 Å². The smallest absolute Gasteiger partial charge is 0.163 e. The average molecular weight is 529 g/mol. The summed E-state index contributed by atoms with van der Waals surface area (Å²) >= 11 is 0. The second-order valence-corrected chi connectivity index (χ2v) is 12.4. The highest BCUT2D eigenvalue weighted by Crippen LogP contribution is 2.37. The van der Waals surface area contributed by atoms with E-state index in [1.54, 1.807) is 39.8 Å². The van der Waals surface area contributed by atoms with Gasteiger partial charge in [-0.05, 0) is 66.4 Å². The molecule has 1 atom stereocenters. The van der Waals surface area contributed by atoms with Crippen LogP contribution in [0, 0.1) is 11.2 Å². The largest absolute Gasteiger partial charge is 0.294 e. The summed E-state index contributed by atoms with van der Waals surface area (Å²) in [6.45, 7) is 1.86. The van der Waals surface area contributed by atoms with E-state index >= 15 is 0 Å². The third-order valence-electron chi connectivity index (χ3n) is 7.14. The highest BCUT2D eigenvalue weighted by atomic mass is 32.2. The Morgan fingerprint density at radius 2 is 1.84 bits per heavy atom. The van der Waals surface area contributed by atoms with Crippen molar-refractivity contribution in [3.05, 3.63) is 96.6 Å². The molecule has 3 heterocycles. The summed E-state index contributed by atoms with van der Waals surface area (Å²) in [6.07, 6.45) is 4.21. The third-order valence-corrected chi connectivity index (χ3v) is 9.10. The van der Waals surface area contributed by atoms with Gasteiger partial charge in [0.2, 0.25) is 0 Å². The second-order valence-electron chi connectivity index (χ2n) is 10.2. The van der Waals surface area contributed by atoms with Crippen LogP contribution in [0.4, 0.5) is 4.39 Å². The summed E-state index contributed by atoms with van der Waals surface area (Å²) in [5.74, 6) is -0.319. The summed E-state index contributed by atoms with van der Waals surface area (Å²) in [5, 5.41) is 10.0. The minimum Gasteiger partial charge on any atom is -0.294 e. The van der Waals surface area contributed by atoms with Crippen molar-refractivity contribution in [2.75, 3.05) is 11.5 Å². The number of fused-ring (bicyclic) bond motifs is 1. The summed E-state index contributed by atoms with van der Waals surface area (Å²) in [5.41, 5.74) is 3.74. The van der Waals surface area contributed by atoms with Gasteiger partial charge in [0.15, 0.2) is 15.6 Å². The van der Waals surface area contributed by atoms with Crippen LogP contribution in [0.1, 0.15) is 30.1 Å². The Labute approximate surface area is 219 Å². The summed E-state index contributed by atoms with van der Waals surface area (Å²) in [7, 11) is -3.11. The molecule has 0 aliphatic carbocycles. The van der Waals surface area contributed by atoms with E-state index in [-0.39, 0.29) is 29.5 Å². The number of hydrogen-bond donors (Lipinski definition) is 0. The van der Waals surface area contributed by atoms with Crippen LogP contribution in [0.5, 0.6) is 0 Å². The monoisotopic (exact) mass is 528 g/mol. The van der Waals surface area contributed by atoms with Gasteiger partial charge < -0.3 is 0 Å². The van der Waals surface area contributed by atoms with Gasteiger partial charge in [-0.25, -0.2) is 22.2 Å². The van der Waals surface area contributed by atoms with E-state index in [1.807, 2.05) is 49.5 Å². The van der Waals surface area contributed by atoms with Crippen LogP contribution in [0.15, 0.2) is 85.2 Å². The first kappa shape index (κ1) is 24.2. The number of benzene rings is 3. The van der Waals surface area contributed by atoms with Crippen LogP contribution in [0.3, 0.4) is 0 Å². The van der Waals surface area contributed by atoms with Gasteiger partial charge in [0.05, 0.1) is 28.4 Å². The maximum atomic E-state index is 13.7. The summed E-state index contributed by atoms with van der Waals surface area (Å²) < 4.78 is 41.3. The minimum atomic E-state index is -3.11. The van der Waals surface area contributed by atoms with Crippen molar-refractivity contribution in [2.24, 2.45) is 5.41 Å². The van der Waals surface area contributed by atoms with Gasteiger partial charge in [-0.2, -0.15) is 10.2 Å². The number of rotatable bonds is 6. The van der Waals surface area contributed by atoms with Gasteiger partial charge in [-0.3, -0.25) is 4.79 Å². The van der Waals surface area contributed by atoms with E-state index < -0.39 is 15.3 Å². The molecule has 1 aliphatic rings. The predicted molar refractivity (Wildman–Crippen MR) is 144 cm³/mol. The molecule has 38 heavy (non-hydrogen) atoms. The highest BCUT2D eigenvalue weighted by molar-refractivity contribution is 7.91. The Hall–Kier alpha value is -4.11. The first-order valence-electron chi connectivity index (χ1n) is 12.3. The molecule has 9 heteroatoms. The van der Waals surface area contributed by atoms with Crippen molar-refractivity contribution in [1.29, 1.82) is 0 Å². The molecule has 1 saturated heterocycles. The minimum absolute atomic E-state index is 0.0260. The number of aromatic nitrogens is 4. The number of carbonyl (C=O) groups is 1. The zero-order valence-electron chi connectivity index (χ0n) is 20.7. The number of carbonyl (C=O) groups excluding carboxylic acids is 1. The molecule has 0 N–H and O–H groups in total. The fourth-order valence-electron chi connectivity index (χ4n) is 5.20. The van der Waals surface area contributed by atoms with E-state index in [0.29, 0.717) is 28.9 Å². The van der Waals surface area contributed by atoms with Crippen molar-refractivity contribution < 1.29 is 17.6 Å². The average Bonchev–Trinajstić information content (AvgIpc) is 3.62. The zero-order valence-corrected chi connectivity index (χ0v) is 21.5. The first-order valence-corrected chi connectivity index (χ1v) is 14.1. The summed E-state index contributed by atoms with van der Waals surface area (Å²) in [4.78, 5) is 13.3. The molecule has 1 aliphatic heterocycles. The topological polar surface area (TPSA) is 86.8 Å². The number of ketones is 1. The second kappa shape index (κ2) is 9.02.